The van der Waals surface area contributed by atoms with Gasteiger partial charge in [0.25, 0.3) is 0 Å². The molecular formula is C10H12O5S. The Balaban J connectivity index is 2.76. The number of hydrogen-bond acceptors (Lipinski definition) is 5. The van der Waals surface area contributed by atoms with E-state index in [1.165, 1.54) is 31.4 Å². The van der Waals surface area contributed by atoms with E-state index in [2.05, 4.69) is 4.74 Å². The number of carbonyl (C=O) groups excluding carboxylic acids is 1. The Bertz CT molecular complexity index is 460. The number of carbonyl (C=O) groups is 1. The molecule has 0 saturated heterocycles. The number of benzene rings is 1. The van der Waals surface area contributed by atoms with Crippen molar-refractivity contribution < 1.29 is 22.7 Å². The van der Waals surface area contributed by atoms with Gasteiger partial charge in [-0.2, -0.15) is 0 Å². The summed E-state index contributed by atoms with van der Waals surface area (Å²) >= 11 is 0. The van der Waals surface area contributed by atoms with E-state index in [1.807, 2.05) is 0 Å². The predicted octanol–water partition coefficient (Wildman–Crippen LogP) is 0.642. The molecule has 88 valence electrons. The Morgan fingerprint density at radius 2 is 1.81 bits per heavy atom. The van der Waals surface area contributed by atoms with Gasteiger partial charge in [0.2, 0.25) is 0 Å². The highest BCUT2D eigenvalue weighted by Crippen LogP contribution is 2.15. The monoisotopic (exact) mass is 244 g/mol. The molecule has 5 nitrogen and oxygen atoms in total. The topological polar surface area (TPSA) is 69.7 Å². The van der Waals surface area contributed by atoms with Gasteiger partial charge in [-0.05, 0) is 24.3 Å². The minimum absolute atomic E-state index is 0.145. The lowest BCUT2D eigenvalue weighted by Crippen LogP contribution is -2.14. The van der Waals surface area contributed by atoms with Crippen molar-refractivity contribution in [2.24, 2.45) is 0 Å². The third-order valence-corrected chi connectivity index (χ3v) is 2.87. The number of hydrogen-bond donors (Lipinski definition) is 0. The van der Waals surface area contributed by atoms with Crippen LogP contribution < -0.4 is 4.74 Å². The minimum atomic E-state index is -3.22. The fourth-order valence-electron chi connectivity index (χ4n) is 1.03. The van der Waals surface area contributed by atoms with Crippen LogP contribution in [0.15, 0.2) is 29.2 Å². The van der Waals surface area contributed by atoms with E-state index in [0.29, 0.717) is 0 Å². The molecule has 0 atom stereocenters. The van der Waals surface area contributed by atoms with Crippen molar-refractivity contribution in [2.75, 3.05) is 20.0 Å². The summed E-state index contributed by atoms with van der Waals surface area (Å²) in [5.74, 6) is -0.246. The van der Waals surface area contributed by atoms with Crippen molar-refractivity contribution in [3.63, 3.8) is 0 Å². The van der Waals surface area contributed by atoms with Crippen LogP contribution in [0.5, 0.6) is 5.75 Å². The molecule has 0 aliphatic heterocycles. The summed E-state index contributed by atoms with van der Waals surface area (Å²) < 4.78 is 31.7. The van der Waals surface area contributed by atoms with Crippen LogP contribution in [0.2, 0.25) is 0 Å². The molecular weight excluding hydrogens is 232 g/mol. The second kappa shape index (κ2) is 5.09. The van der Waals surface area contributed by atoms with Crippen molar-refractivity contribution in [3.05, 3.63) is 24.3 Å². The molecule has 0 bridgehead atoms. The van der Waals surface area contributed by atoms with Gasteiger partial charge in [-0.15, -0.1) is 0 Å². The Hall–Kier alpha value is -1.40. The maximum Gasteiger partial charge on any atom is 0.337 e. The first-order valence-electron chi connectivity index (χ1n) is 4.43. The van der Waals surface area contributed by atoms with Crippen LogP contribution in [0.4, 0.5) is 0 Å². The average Bonchev–Trinajstić information content (AvgIpc) is 2.17. The van der Waals surface area contributed by atoms with E-state index in [4.69, 9.17) is 4.74 Å². The van der Waals surface area contributed by atoms with Gasteiger partial charge < -0.3 is 9.47 Å². The first-order valence-corrected chi connectivity index (χ1v) is 6.32. The Morgan fingerprint density at radius 1 is 1.25 bits per heavy atom. The second-order valence-corrected chi connectivity index (χ2v) is 5.17. The molecule has 16 heavy (non-hydrogen) atoms. The maximum atomic E-state index is 11.1. The quantitative estimate of drug-likeness (QED) is 0.574. The van der Waals surface area contributed by atoms with Gasteiger partial charge >= 0.3 is 5.97 Å². The highest BCUT2D eigenvalue weighted by Gasteiger charge is 2.08. The fourth-order valence-corrected chi connectivity index (χ4v) is 1.66. The van der Waals surface area contributed by atoms with E-state index in [1.54, 1.807) is 0 Å². The number of sulfone groups is 1. The standard InChI is InChI=1S/C10H12O5S/c1-14-7-10(11)15-8-3-5-9(6-4-8)16(2,12)13/h3-6H,7H2,1-2H3. The largest absolute Gasteiger partial charge is 0.425 e. The molecule has 0 N–H and O–H groups in total. The summed E-state index contributed by atoms with van der Waals surface area (Å²) in [6.45, 7) is -0.145. The van der Waals surface area contributed by atoms with E-state index in [-0.39, 0.29) is 17.3 Å². The van der Waals surface area contributed by atoms with Crippen LogP contribution in [-0.4, -0.2) is 34.4 Å². The van der Waals surface area contributed by atoms with Gasteiger partial charge in [0.1, 0.15) is 12.4 Å². The van der Waals surface area contributed by atoms with Gasteiger partial charge in [-0.1, -0.05) is 0 Å². The van der Waals surface area contributed by atoms with Crippen molar-refractivity contribution >= 4 is 15.8 Å². The molecule has 0 radical (unpaired) electrons. The van der Waals surface area contributed by atoms with Crippen LogP contribution in [0, 0.1) is 0 Å². The maximum absolute atomic E-state index is 11.1. The Morgan fingerprint density at radius 3 is 2.25 bits per heavy atom. The van der Waals surface area contributed by atoms with Crippen LogP contribution in [0.3, 0.4) is 0 Å². The molecule has 0 unspecified atom stereocenters. The first kappa shape index (κ1) is 12.7. The molecule has 0 aliphatic carbocycles. The third-order valence-electron chi connectivity index (χ3n) is 1.75. The summed E-state index contributed by atoms with van der Waals surface area (Å²) in [4.78, 5) is 11.2. The van der Waals surface area contributed by atoms with Gasteiger partial charge in [-0.3, -0.25) is 0 Å². The average molecular weight is 244 g/mol. The molecule has 0 spiro atoms. The molecule has 0 fully saturated rings. The number of methoxy groups -OCH3 is 1. The zero-order valence-corrected chi connectivity index (χ0v) is 9.78. The van der Waals surface area contributed by atoms with Crippen LogP contribution in [0.1, 0.15) is 0 Å². The highest BCUT2D eigenvalue weighted by atomic mass is 32.2. The summed E-state index contributed by atoms with van der Waals surface area (Å²) in [6, 6.07) is 5.60. The summed E-state index contributed by atoms with van der Waals surface area (Å²) in [5, 5.41) is 0. The zero-order valence-electron chi connectivity index (χ0n) is 8.97. The molecule has 0 amide bonds. The van der Waals surface area contributed by atoms with Crippen molar-refractivity contribution in [2.45, 2.75) is 4.90 Å². The second-order valence-electron chi connectivity index (χ2n) is 3.15. The molecule has 0 saturated carbocycles. The first-order chi connectivity index (χ1) is 7.43. The van der Waals surface area contributed by atoms with E-state index < -0.39 is 15.8 Å². The molecule has 1 aromatic rings. The number of esters is 1. The third kappa shape index (κ3) is 3.63. The van der Waals surface area contributed by atoms with Gasteiger partial charge in [0, 0.05) is 13.4 Å². The lowest BCUT2D eigenvalue weighted by molar-refractivity contribution is -0.138. The van der Waals surface area contributed by atoms with E-state index in [0.717, 1.165) is 6.26 Å². The smallest absolute Gasteiger partial charge is 0.337 e. The summed E-state index contributed by atoms with van der Waals surface area (Å²) in [7, 11) is -1.84. The Kier molecular flexibility index (Phi) is 4.03. The van der Waals surface area contributed by atoms with Crippen LogP contribution in [0.25, 0.3) is 0 Å². The number of ether oxygens (including phenoxy) is 2. The lowest BCUT2D eigenvalue weighted by atomic mass is 10.3. The molecule has 0 aliphatic rings. The Labute approximate surface area is 93.9 Å². The molecule has 1 rings (SSSR count). The minimum Gasteiger partial charge on any atom is -0.425 e. The SMILES string of the molecule is COCC(=O)Oc1ccc(S(C)(=O)=O)cc1. The van der Waals surface area contributed by atoms with Crippen LogP contribution in [-0.2, 0) is 19.4 Å². The van der Waals surface area contributed by atoms with Crippen LogP contribution >= 0.6 is 0 Å². The highest BCUT2D eigenvalue weighted by molar-refractivity contribution is 7.90. The van der Waals surface area contributed by atoms with Gasteiger partial charge in [0.15, 0.2) is 9.84 Å². The van der Waals surface area contributed by atoms with E-state index >= 15 is 0 Å². The van der Waals surface area contributed by atoms with Crippen molar-refractivity contribution in [3.8, 4) is 5.75 Å². The van der Waals surface area contributed by atoms with Gasteiger partial charge in [0.05, 0.1) is 4.90 Å². The zero-order chi connectivity index (χ0) is 12.2. The molecule has 6 heteroatoms. The summed E-state index contributed by atoms with van der Waals surface area (Å²) in [6.07, 6.45) is 1.11. The molecule has 1 aromatic carbocycles. The van der Waals surface area contributed by atoms with Crippen molar-refractivity contribution in [1.29, 1.82) is 0 Å². The molecule has 0 aromatic heterocycles. The number of rotatable bonds is 4. The lowest BCUT2D eigenvalue weighted by Gasteiger charge is -2.04. The van der Waals surface area contributed by atoms with Gasteiger partial charge in [-0.25, -0.2) is 13.2 Å². The van der Waals surface area contributed by atoms with Crippen molar-refractivity contribution in [1.82, 2.24) is 0 Å². The molecule has 0 heterocycles. The predicted molar refractivity (Wildman–Crippen MR) is 57.1 cm³/mol. The normalized spacial score (nSPS) is 11.1. The van der Waals surface area contributed by atoms with E-state index in [9.17, 15) is 13.2 Å². The summed E-state index contributed by atoms with van der Waals surface area (Å²) in [5.41, 5.74) is 0. The fraction of sp³-hybridized carbons (Fsp3) is 0.300.